The largest absolute Gasteiger partial charge is 0.418 e. The van der Waals surface area contributed by atoms with E-state index in [0.717, 1.165) is 0 Å². The molecule has 0 amide bonds. The second-order valence-electron chi connectivity index (χ2n) is 2.09. The van der Waals surface area contributed by atoms with E-state index in [4.69, 9.17) is 0 Å². The fraction of sp³-hybridized carbons (Fsp3) is 0.429. The van der Waals surface area contributed by atoms with Crippen LogP contribution >= 0.6 is 34.4 Å². The molecule has 2 nitrogen and oxygen atoms in total. The van der Waals surface area contributed by atoms with Crippen LogP contribution in [0.15, 0.2) is 22.1 Å². The molecule has 0 unspecified atom stereocenters. The van der Waals surface area contributed by atoms with Crippen molar-refractivity contribution < 1.29 is 13.2 Å². The molecule has 0 saturated heterocycles. The Bertz CT molecular complexity index is 283. The van der Waals surface area contributed by atoms with Gasteiger partial charge >= 0.3 is 6.18 Å². The average Bonchev–Trinajstić information content (AvgIpc) is 2.11. The zero-order valence-electron chi connectivity index (χ0n) is 7.52. The Morgan fingerprint density at radius 3 is 2.21 bits per heavy atom. The second kappa shape index (κ2) is 5.74. The molecule has 0 atom stereocenters. The number of hydrogen-bond acceptors (Lipinski definition) is 2. The molecule has 0 bridgehead atoms. The summed E-state index contributed by atoms with van der Waals surface area (Å²) in [6.07, 6.45) is -2.75. The molecule has 0 aliphatic heterocycles. The van der Waals surface area contributed by atoms with E-state index in [2.05, 4.69) is 16.6 Å². The Morgan fingerprint density at radius 1 is 1.43 bits per heavy atom. The Hall–Kier alpha value is -0.0500. The van der Waals surface area contributed by atoms with E-state index >= 15 is 0 Å². The van der Waals surface area contributed by atoms with Crippen LogP contribution in [0, 0.1) is 0 Å². The SMILES string of the molecule is C=C(/C(I)=N\C(=N/C)SC)C(F)(F)F. The predicted octanol–water partition coefficient (Wildman–Crippen LogP) is 3.29. The molecule has 0 heterocycles. The van der Waals surface area contributed by atoms with E-state index in [1.54, 1.807) is 6.26 Å². The van der Waals surface area contributed by atoms with E-state index in [-0.39, 0.29) is 3.72 Å². The van der Waals surface area contributed by atoms with Crippen molar-refractivity contribution >= 4 is 43.2 Å². The fourth-order valence-corrected chi connectivity index (χ4v) is 1.52. The third kappa shape index (κ3) is 4.45. The number of aliphatic imine (C=N–C) groups is 2. The van der Waals surface area contributed by atoms with Crippen LogP contribution in [0.25, 0.3) is 0 Å². The Balaban J connectivity index is 4.79. The number of nitrogens with zero attached hydrogens (tertiary/aromatic N) is 2. The highest BCUT2D eigenvalue weighted by molar-refractivity contribution is 14.1. The van der Waals surface area contributed by atoms with Gasteiger partial charge in [0, 0.05) is 7.05 Å². The molecule has 7 heteroatoms. The zero-order valence-corrected chi connectivity index (χ0v) is 10.5. The van der Waals surface area contributed by atoms with Crippen molar-refractivity contribution in [1.29, 1.82) is 0 Å². The molecule has 0 saturated carbocycles. The lowest BCUT2D eigenvalue weighted by molar-refractivity contribution is -0.0853. The highest BCUT2D eigenvalue weighted by Crippen LogP contribution is 2.27. The summed E-state index contributed by atoms with van der Waals surface area (Å²) in [5.74, 6) is 0. The maximum Gasteiger partial charge on any atom is 0.418 e. The number of thioether (sulfide) groups is 1. The normalized spacial score (nSPS) is 14.4. The summed E-state index contributed by atoms with van der Waals surface area (Å²) in [7, 11) is 1.47. The molecule has 0 radical (unpaired) electrons. The van der Waals surface area contributed by atoms with Crippen molar-refractivity contribution in [3.05, 3.63) is 12.2 Å². The molecule has 0 spiro atoms. The maximum absolute atomic E-state index is 12.1. The predicted molar refractivity (Wildman–Crippen MR) is 63.5 cm³/mol. The van der Waals surface area contributed by atoms with Crippen molar-refractivity contribution in [1.82, 2.24) is 0 Å². The molecule has 0 rings (SSSR count). The number of amidine groups is 1. The molecule has 0 aliphatic carbocycles. The highest BCUT2D eigenvalue weighted by atomic mass is 127. The highest BCUT2D eigenvalue weighted by Gasteiger charge is 2.34. The van der Waals surface area contributed by atoms with Gasteiger partial charge in [0.1, 0.15) is 3.72 Å². The van der Waals surface area contributed by atoms with Crippen molar-refractivity contribution in [3.63, 3.8) is 0 Å². The third-order valence-electron chi connectivity index (χ3n) is 1.16. The van der Waals surface area contributed by atoms with Crippen LogP contribution in [-0.2, 0) is 0 Å². The topological polar surface area (TPSA) is 24.7 Å². The van der Waals surface area contributed by atoms with Crippen LogP contribution in [0.4, 0.5) is 13.2 Å². The van der Waals surface area contributed by atoms with Gasteiger partial charge in [-0.05, 0) is 28.8 Å². The molecule has 80 valence electrons. The van der Waals surface area contributed by atoms with Crippen LogP contribution in [-0.4, -0.2) is 28.4 Å². The first-order chi connectivity index (χ1) is 6.32. The number of allylic oxidation sites excluding steroid dienone is 1. The molecular formula is C7H8F3IN2S. The lowest BCUT2D eigenvalue weighted by Gasteiger charge is -2.07. The second-order valence-corrected chi connectivity index (χ2v) is 3.88. The first-order valence-electron chi connectivity index (χ1n) is 3.34. The first-order valence-corrected chi connectivity index (χ1v) is 5.64. The summed E-state index contributed by atoms with van der Waals surface area (Å²) in [4.78, 5) is 7.37. The minimum absolute atomic E-state index is 0.190. The molecule has 0 aromatic rings. The van der Waals surface area contributed by atoms with E-state index < -0.39 is 11.7 Å². The Labute approximate surface area is 97.9 Å². The summed E-state index contributed by atoms with van der Waals surface area (Å²) < 4.78 is 36.2. The molecule has 0 fully saturated rings. The van der Waals surface area contributed by atoms with Gasteiger partial charge in [-0.1, -0.05) is 18.3 Å². The third-order valence-corrected chi connectivity index (χ3v) is 2.69. The van der Waals surface area contributed by atoms with Crippen LogP contribution in [0.3, 0.4) is 0 Å². The molecule has 14 heavy (non-hydrogen) atoms. The van der Waals surface area contributed by atoms with Gasteiger partial charge in [-0.3, -0.25) is 4.99 Å². The number of alkyl halides is 3. The van der Waals surface area contributed by atoms with Crippen LogP contribution in [0.5, 0.6) is 0 Å². The lowest BCUT2D eigenvalue weighted by Crippen LogP contribution is -2.16. The van der Waals surface area contributed by atoms with Crippen molar-refractivity contribution in [2.75, 3.05) is 13.3 Å². The van der Waals surface area contributed by atoms with Crippen LogP contribution < -0.4 is 0 Å². The fourth-order valence-electron chi connectivity index (χ4n) is 0.455. The Morgan fingerprint density at radius 2 is 1.93 bits per heavy atom. The minimum Gasteiger partial charge on any atom is -0.264 e. The van der Waals surface area contributed by atoms with Crippen molar-refractivity contribution in [3.8, 4) is 0 Å². The first kappa shape index (κ1) is 13.9. The number of halogens is 4. The molecule has 0 aromatic heterocycles. The summed E-state index contributed by atoms with van der Waals surface area (Å²) in [5, 5.41) is 0.291. The summed E-state index contributed by atoms with van der Waals surface area (Å²) >= 11 is 2.67. The van der Waals surface area contributed by atoms with Gasteiger partial charge in [-0.25, -0.2) is 4.99 Å². The molecule has 0 aromatic carbocycles. The van der Waals surface area contributed by atoms with Crippen molar-refractivity contribution in [2.24, 2.45) is 9.98 Å². The van der Waals surface area contributed by atoms with Gasteiger partial charge in [0.2, 0.25) is 0 Å². The van der Waals surface area contributed by atoms with E-state index in [0.29, 0.717) is 5.17 Å². The molecular weight excluding hydrogens is 328 g/mol. The van der Waals surface area contributed by atoms with E-state index in [1.165, 1.54) is 41.4 Å². The smallest absolute Gasteiger partial charge is 0.264 e. The number of rotatable bonds is 1. The standard InChI is InChI=1S/C7H8F3IN2S/c1-4(7(8,9)10)5(11)13-6(12-2)14-3/h1H2,2-3H3/b12-6+,13-5+. The quantitative estimate of drug-likeness (QED) is 0.410. The zero-order chi connectivity index (χ0) is 11.4. The minimum atomic E-state index is -4.43. The van der Waals surface area contributed by atoms with Gasteiger partial charge in [0.05, 0.1) is 5.57 Å². The van der Waals surface area contributed by atoms with Crippen LogP contribution in [0.1, 0.15) is 0 Å². The van der Waals surface area contributed by atoms with Gasteiger partial charge in [0.25, 0.3) is 0 Å². The maximum atomic E-state index is 12.1. The van der Waals surface area contributed by atoms with Crippen molar-refractivity contribution in [2.45, 2.75) is 6.18 Å². The molecule has 0 N–H and O–H groups in total. The van der Waals surface area contributed by atoms with Crippen LogP contribution in [0.2, 0.25) is 0 Å². The van der Waals surface area contributed by atoms with Gasteiger partial charge < -0.3 is 0 Å². The van der Waals surface area contributed by atoms with Gasteiger partial charge in [-0.2, -0.15) is 13.2 Å². The van der Waals surface area contributed by atoms with E-state index in [9.17, 15) is 13.2 Å². The summed E-state index contributed by atoms with van der Waals surface area (Å²) in [6, 6.07) is 0. The summed E-state index contributed by atoms with van der Waals surface area (Å²) in [5.41, 5.74) is -0.951. The molecule has 0 aliphatic rings. The monoisotopic (exact) mass is 336 g/mol. The summed E-state index contributed by atoms with van der Waals surface area (Å²) in [6.45, 7) is 2.92. The lowest BCUT2D eigenvalue weighted by atomic mass is 10.3. The van der Waals surface area contributed by atoms with Gasteiger partial charge in [0.15, 0.2) is 5.17 Å². The Kier molecular flexibility index (Phi) is 5.72. The average molecular weight is 336 g/mol. The number of hydrogen-bond donors (Lipinski definition) is 0. The van der Waals surface area contributed by atoms with E-state index in [1.807, 2.05) is 0 Å². The van der Waals surface area contributed by atoms with Gasteiger partial charge in [-0.15, -0.1) is 0 Å².